The molecule has 2 unspecified atom stereocenters. The maximum absolute atomic E-state index is 10.3. The Bertz CT molecular complexity index is 387. The van der Waals surface area contributed by atoms with E-state index in [-0.39, 0.29) is 0 Å². The molecule has 0 radical (unpaired) electrons. The standard InChI is InChI=1S/C14H24N2OS/c1-14(17,10-16(2)3)9-15-12-5-4-6-13-11(12)7-8-18-13/h7-8,12,15,17H,4-6,9-10H2,1-3H3. The van der Waals surface area contributed by atoms with Gasteiger partial charge in [-0.1, -0.05) is 0 Å². The van der Waals surface area contributed by atoms with Gasteiger partial charge in [-0.15, -0.1) is 11.3 Å². The van der Waals surface area contributed by atoms with Crippen LogP contribution in [0.25, 0.3) is 0 Å². The van der Waals surface area contributed by atoms with Gasteiger partial charge in [-0.2, -0.15) is 0 Å². The second-order valence-corrected chi connectivity index (χ2v) is 6.86. The van der Waals surface area contributed by atoms with Crippen LogP contribution in [0.4, 0.5) is 0 Å². The summed E-state index contributed by atoms with van der Waals surface area (Å²) in [7, 11) is 3.98. The van der Waals surface area contributed by atoms with E-state index in [2.05, 4.69) is 16.8 Å². The van der Waals surface area contributed by atoms with E-state index in [9.17, 15) is 5.11 Å². The SMILES string of the molecule is CN(C)CC(C)(O)CNC1CCCc2sccc21. The Morgan fingerprint density at radius 2 is 2.33 bits per heavy atom. The average Bonchev–Trinajstić information content (AvgIpc) is 2.72. The Balaban J connectivity index is 1.92. The van der Waals surface area contributed by atoms with Crippen molar-refractivity contribution in [2.45, 2.75) is 37.8 Å². The highest BCUT2D eigenvalue weighted by Gasteiger charge is 2.26. The van der Waals surface area contributed by atoms with Crippen LogP contribution in [0.2, 0.25) is 0 Å². The number of aliphatic hydroxyl groups is 1. The van der Waals surface area contributed by atoms with Crippen molar-refractivity contribution in [1.29, 1.82) is 0 Å². The first-order valence-electron chi connectivity index (χ1n) is 6.65. The second kappa shape index (κ2) is 5.70. The fraction of sp³-hybridized carbons (Fsp3) is 0.714. The summed E-state index contributed by atoms with van der Waals surface area (Å²) in [4.78, 5) is 3.55. The summed E-state index contributed by atoms with van der Waals surface area (Å²) in [6, 6.07) is 2.66. The van der Waals surface area contributed by atoms with Gasteiger partial charge in [-0.25, -0.2) is 0 Å². The average molecular weight is 268 g/mol. The molecule has 0 aromatic carbocycles. The Hall–Kier alpha value is -0.420. The minimum Gasteiger partial charge on any atom is -0.388 e. The Morgan fingerprint density at radius 3 is 3.06 bits per heavy atom. The molecule has 102 valence electrons. The molecular weight excluding hydrogens is 244 g/mol. The maximum Gasteiger partial charge on any atom is 0.0869 e. The number of likely N-dealkylation sites (N-methyl/N-ethyl adjacent to an activating group) is 1. The lowest BCUT2D eigenvalue weighted by Crippen LogP contribution is -2.46. The van der Waals surface area contributed by atoms with Crippen LogP contribution in [0, 0.1) is 0 Å². The first kappa shape index (κ1) is 14.0. The molecule has 2 rings (SSSR count). The molecule has 0 spiro atoms. The Morgan fingerprint density at radius 1 is 1.56 bits per heavy atom. The van der Waals surface area contributed by atoms with Gasteiger partial charge < -0.3 is 15.3 Å². The number of nitrogens with one attached hydrogen (secondary N) is 1. The highest BCUT2D eigenvalue weighted by molar-refractivity contribution is 7.10. The molecule has 1 heterocycles. The molecule has 0 fully saturated rings. The molecule has 3 nitrogen and oxygen atoms in total. The number of fused-ring (bicyclic) bond motifs is 1. The summed E-state index contributed by atoms with van der Waals surface area (Å²) < 4.78 is 0. The first-order valence-corrected chi connectivity index (χ1v) is 7.53. The van der Waals surface area contributed by atoms with E-state index >= 15 is 0 Å². The van der Waals surface area contributed by atoms with E-state index in [0.717, 1.165) is 0 Å². The van der Waals surface area contributed by atoms with Gasteiger partial charge in [0.2, 0.25) is 0 Å². The van der Waals surface area contributed by atoms with E-state index in [1.54, 1.807) is 0 Å². The lowest BCUT2D eigenvalue weighted by Gasteiger charge is -2.31. The van der Waals surface area contributed by atoms with Crippen molar-refractivity contribution in [3.63, 3.8) is 0 Å². The molecule has 0 amide bonds. The minimum atomic E-state index is -0.670. The highest BCUT2D eigenvalue weighted by atomic mass is 32.1. The second-order valence-electron chi connectivity index (χ2n) is 5.86. The summed E-state index contributed by atoms with van der Waals surface area (Å²) in [5.41, 5.74) is 0.781. The molecule has 0 saturated carbocycles. The Labute approximate surface area is 114 Å². The molecule has 2 atom stereocenters. The predicted molar refractivity (Wildman–Crippen MR) is 77.2 cm³/mol. The molecule has 0 bridgehead atoms. The van der Waals surface area contributed by atoms with Crippen molar-refractivity contribution >= 4 is 11.3 Å². The van der Waals surface area contributed by atoms with Crippen LogP contribution in [-0.4, -0.2) is 42.8 Å². The fourth-order valence-corrected chi connectivity index (χ4v) is 3.77. The van der Waals surface area contributed by atoms with E-state index in [1.807, 2.05) is 37.3 Å². The Kier molecular flexibility index (Phi) is 4.43. The van der Waals surface area contributed by atoms with E-state index in [1.165, 1.54) is 29.7 Å². The van der Waals surface area contributed by atoms with E-state index < -0.39 is 5.60 Å². The lowest BCUT2D eigenvalue weighted by atomic mass is 9.93. The van der Waals surface area contributed by atoms with Gasteiger partial charge in [-0.3, -0.25) is 0 Å². The van der Waals surface area contributed by atoms with Crippen molar-refractivity contribution in [1.82, 2.24) is 10.2 Å². The van der Waals surface area contributed by atoms with Crippen LogP contribution in [-0.2, 0) is 6.42 Å². The van der Waals surface area contributed by atoms with Crippen molar-refractivity contribution in [2.75, 3.05) is 27.2 Å². The monoisotopic (exact) mass is 268 g/mol. The molecule has 2 N–H and O–H groups in total. The molecule has 18 heavy (non-hydrogen) atoms. The van der Waals surface area contributed by atoms with Crippen LogP contribution in [0.1, 0.15) is 36.2 Å². The van der Waals surface area contributed by atoms with Gasteiger partial charge in [0.15, 0.2) is 0 Å². The van der Waals surface area contributed by atoms with Gasteiger partial charge >= 0.3 is 0 Å². The quantitative estimate of drug-likeness (QED) is 0.858. The van der Waals surface area contributed by atoms with Gasteiger partial charge in [-0.05, 0) is 57.3 Å². The number of aryl methyl sites for hydroxylation is 1. The van der Waals surface area contributed by atoms with Gasteiger partial charge in [0.25, 0.3) is 0 Å². The van der Waals surface area contributed by atoms with Crippen LogP contribution in [0.15, 0.2) is 11.4 Å². The third-order valence-electron chi connectivity index (χ3n) is 3.44. The van der Waals surface area contributed by atoms with E-state index in [4.69, 9.17) is 0 Å². The number of hydrogen-bond acceptors (Lipinski definition) is 4. The number of hydrogen-bond donors (Lipinski definition) is 2. The minimum absolute atomic E-state index is 0.425. The van der Waals surface area contributed by atoms with Crippen LogP contribution in [0.5, 0.6) is 0 Å². The molecule has 1 aromatic heterocycles. The molecule has 1 aliphatic rings. The summed E-state index contributed by atoms with van der Waals surface area (Å²) in [6.45, 7) is 3.23. The summed E-state index contributed by atoms with van der Waals surface area (Å²) in [5, 5.41) is 16.0. The van der Waals surface area contributed by atoms with Crippen molar-refractivity contribution in [2.24, 2.45) is 0 Å². The first-order chi connectivity index (χ1) is 8.48. The van der Waals surface area contributed by atoms with Gasteiger partial charge in [0.1, 0.15) is 0 Å². The van der Waals surface area contributed by atoms with Crippen molar-refractivity contribution < 1.29 is 5.11 Å². The van der Waals surface area contributed by atoms with Gasteiger partial charge in [0.05, 0.1) is 5.60 Å². The number of nitrogens with zero attached hydrogens (tertiary/aromatic N) is 1. The van der Waals surface area contributed by atoms with Crippen molar-refractivity contribution in [3.05, 3.63) is 21.9 Å². The molecule has 0 aliphatic heterocycles. The smallest absolute Gasteiger partial charge is 0.0869 e. The van der Waals surface area contributed by atoms with Crippen LogP contribution >= 0.6 is 11.3 Å². The molecule has 1 aliphatic carbocycles. The van der Waals surface area contributed by atoms with Gasteiger partial charge in [0, 0.05) is 24.0 Å². The fourth-order valence-electron chi connectivity index (χ4n) is 2.78. The molecule has 0 saturated heterocycles. The van der Waals surface area contributed by atoms with E-state index in [0.29, 0.717) is 19.1 Å². The van der Waals surface area contributed by atoms with Crippen molar-refractivity contribution in [3.8, 4) is 0 Å². The highest BCUT2D eigenvalue weighted by Crippen LogP contribution is 2.33. The summed E-state index contributed by atoms with van der Waals surface area (Å²) in [6.07, 6.45) is 3.65. The summed E-state index contributed by atoms with van der Waals surface area (Å²) >= 11 is 1.86. The largest absolute Gasteiger partial charge is 0.388 e. The normalized spacial score (nSPS) is 22.8. The molecule has 1 aromatic rings. The lowest BCUT2D eigenvalue weighted by molar-refractivity contribution is 0.0308. The molecule has 4 heteroatoms. The van der Waals surface area contributed by atoms with Crippen LogP contribution in [0.3, 0.4) is 0 Å². The zero-order valence-corrected chi connectivity index (χ0v) is 12.4. The number of rotatable bonds is 5. The topological polar surface area (TPSA) is 35.5 Å². The number of thiophene rings is 1. The third kappa shape index (κ3) is 3.54. The zero-order valence-electron chi connectivity index (χ0n) is 11.6. The van der Waals surface area contributed by atoms with Crippen LogP contribution < -0.4 is 5.32 Å². The summed E-state index contributed by atoms with van der Waals surface area (Å²) in [5.74, 6) is 0. The zero-order chi connectivity index (χ0) is 13.2. The third-order valence-corrected chi connectivity index (χ3v) is 4.43. The predicted octanol–water partition coefficient (Wildman–Crippen LogP) is 2.03. The maximum atomic E-state index is 10.3. The molecular formula is C14H24N2OS.